The number of aryl methyl sites for hydroxylation is 2. The van der Waals surface area contributed by atoms with Gasteiger partial charge in [-0.25, -0.2) is 9.78 Å². The highest BCUT2D eigenvalue weighted by atomic mass is 79.9. The van der Waals surface area contributed by atoms with Crippen LogP contribution >= 0.6 is 15.9 Å². The molecule has 0 aliphatic carbocycles. The standard InChI is InChI=1S/C26H25BrN4O4/c1-4-6-13-30-22-18(25(33)31-14-9-10-16(3)21(31)28-22)15-19(26(34)35-5-2)23(30)29-24(32)17-11-7-8-12-20(17)27/h7-12,14-15H,4-6,13H2,1-3H3. The topological polar surface area (TPSA) is 95.0 Å². The third-order valence-corrected chi connectivity index (χ3v) is 6.34. The summed E-state index contributed by atoms with van der Waals surface area (Å²) in [5.74, 6) is -1.19. The van der Waals surface area contributed by atoms with E-state index in [9.17, 15) is 14.4 Å². The van der Waals surface area contributed by atoms with Crippen molar-refractivity contribution in [3.8, 4) is 0 Å². The Morgan fingerprint density at radius 3 is 2.57 bits per heavy atom. The molecule has 0 fully saturated rings. The lowest BCUT2D eigenvalue weighted by atomic mass is 10.2. The summed E-state index contributed by atoms with van der Waals surface area (Å²) >= 11 is 3.39. The fourth-order valence-electron chi connectivity index (χ4n) is 3.89. The Morgan fingerprint density at radius 2 is 1.86 bits per heavy atom. The fraction of sp³-hybridized carbons (Fsp3) is 0.269. The van der Waals surface area contributed by atoms with Crippen LogP contribution in [0.15, 0.2) is 62.9 Å². The molecule has 35 heavy (non-hydrogen) atoms. The molecule has 0 radical (unpaired) electrons. The molecular weight excluding hydrogens is 512 g/mol. The van der Waals surface area contributed by atoms with E-state index in [-0.39, 0.29) is 28.6 Å². The number of hydrogen-bond donors (Lipinski definition) is 0. The third-order valence-electron chi connectivity index (χ3n) is 5.65. The lowest BCUT2D eigenvalue weighted by Gasteiger charge is -2.15. The number of esters is 1. The van der Waals surface area contributed by atoms with E-state index < -0.39 is 11.9 Å². The number of benzene rings is 1. The highest BCUT2D eigenvalue weighted by Crippen LogP contribution is 2.18. The molecule has 1 aromatic carbocycles. The molecule has 0 unspecified atom stereocenters. The SMILES string of the molecule is CCCCn1c(=NC(=O)c2ccccc2Br)c(C(=O)OCC)cc2c(=O)n3cccc(C)c3nc21. The lowest BCUT2D eigenvalue weighted by molar-refractivity contribution is 0.0523. The molecule has 0 saturated carbocycles. The maximum atomic E-state index is 13.5. The zero-order valence-electron chi connectivity index (χ0n) is 19.7. The second-order valence-corrected chi connectivity index (χ2v) is 8.90. The smallest absolute Gasteiger partial charge is 0.341 e. The molecule has 1 amide bonds. The minimum Gasteiger partial charge on any atom is -0.462 e. The second kappa shape index (κ2) is 10.4. The number of hydrogen-bond acceptors (Lipinski definition) is 5. The first-order valence-corrected chi connectivity index (χ1v) is 12.2. The minimum absolute atomic E-state index is 0.0439. The Balaban J connectivity index is 2.15. The number of ether oxygens (including phenoxy) is 1. The first-order chi connectivity index (χ1) is 16.9. The summed E-state index contributed by atoms with van der Waals surface area (Å²) in [5.41, 5.74) is 1.90. The quantitative estimate of drug-likeness (QED) is 0.268. The summed E-state index contributed by atoms with van der Waals surface area (Å²) in [5, 5.41) is 0.250. The molecule has 180 valence electrons. The van der Waals surface area contributed by atoms with Crippen molar-refractivity contribution in [2.45, 2.75) is 40.2 Å². The minimum atomic E-state index is -0.660. The molecule has 0 aliphatic heterocycles. The Bertz CT molecular complexity index is 1590. The summed E-state index contributed by atoms with van der Waals surface area (Å²) < 4.78 is 9.01. The molecule has 0 bridgehead atoms. The van der Waals surface area contributed by atoms with Crippen LogP contribution in [0.3, 0.4) is 0 Å². The highest BCUT2D eigenvalue weighted by Gasteiger charge is 2.21. The van der Waals surface area contributed by atoms with Crippen LogP contribution in [-0.2, 0) is 11.3 Å². The van der Waals surface area contributed by atoms with Crippen molar-refractivity contribution >= 4 is 44.5 Å². The predicted octanol–water partition coefficient (Wildman–Crippen LogP) is 4.44. The molecule has 9 heteroatoms. The van der Waals surface area contributed by atoms with E-state index in [1.54, 1.807) is 48.0 Å². The zero-order chi connectivity index (χ0) is 25.1. The van der Waals surface area contributed by atoms with Crippen LogP contribution in [0, 0.1) is 6.92 Å². The number of unbranched alkanes of at least 4 members (excludes halogenated alkanes) is 1. The number of amides is 1. The summed E-state index contributed by atoms with van der Waals surface area (Å²) in [6.45, 7) is 6.15. The molecule has 0 spiro atoms. The van der Waals surface area contributed by atoms with Crippen LogP contribution in [0.25, 0.3) is 16.7 Å². The predicted molar refractivity (Wildman–Crippen MR) is 137 cm³/mol. The van der Waals surface area contributed by atoms with Gasteiger partial charge in [-0.1, -0.05) is 31.5 Å². The number of aromatic nitrogens is 3. The van der Waals surface area contributed by atoms with E-state index in [1.165, 1.54) is 10.5 Å². The first kappa shape index (κ1) is 24.5. The second-order valence-electron chi connectivity index (χ2n) is 8.04. The van der Waals surface area contributed by atoms with E-state index >= 15 is 0 Å². The number of nitrogens with zero attached hydrogens (tertiary/aromatic N) is 4. The molecule has 4 aromatic rings. The molecule has 3 heterocycles. The van der Waals surface area contributed by atoms with Crippen molar-refractivity contribution in [1.82, 2.24) is 14.0 Å². The van der Waals surface area contributed by atoms with E-state index in [0.717, 1.165) is 18.4 Å². The zero-order valence-corrected chi connectivity index (χ0v) is 21.3. The van der Waals surface area contributed by atoms with Crippen LogP contribution < -0.4 is 11.0 Å². The van der Waals surface area contributed by atoms with Crippen molar-refractivity contribution in [2.24, 2.45) is 4.99 Å². The van der Waals surface area contributed by atoms with Gasteiger partial charge in [-0.2, -0.15) is 4.99 Å². The van der Waals surface area contributed by atoms with Gasteiger partial charge in [-0.15, -0.1) is 0 Å². The van der Waals surface area contributed by atoms with Crippen LogP contribution in [-0.4, -0.2) is 32.4 Å². The van der Waals surface area contributed by atoms with Gasteiger partial charge >= 0.3 is 5.97 Å². The van der Waals surface area contributed by atoms with Gasteiger partial charge in [-0.05, 0) is 66.0 Å². The fourth-order valence-corrected chi connectivity index (χ4v) is 4.34. The van der Waals surface area contributed by atoms with Gasteiger partial charge in [0.25, 0.3) is 11.5 Å². The van der Waals surface area contributed by atoms with E-state index in [1.807, 2.05) is 19.9 Å². The van der Waals surface area contributed by atoms with Gasteiger partial charge in [0.15, 0.2) is 5.49 Å². The maximum absolute atomic E-state index is 13.5. The summed E-state index contributed by atoms with van der Waals surface area (Å²) in [4.78, 5) is 48.8. The monoisotopic (exact) mass is 536 g/mol. The summed E-state index contributed by atoms with van der Waals surface area (Å²) in [6, 6.07) is 12.0. The molecule has 0 atom stereocenters. The molecule has 8 nitrogen and oxygen atoms in total. The average molecular weight is 537 g/mol. The molecule has 4 rings (SSSR count). The summed E-state index contributed by atoms with van der Waals surface area (Å²) in [7, 11) is 0. The molecule has 3 aromatic heterocycles. The van der Waals surface area contributed by atoms with Gasteiger partial charge < -0.3 is 9.30 Å². The molecule has 0 saturated heterocycles. The average Bonchev–Trinajstić information content (AvgIpc) is 2.84. The van der Waals surface area contributed by atoms with E-state index in [0.29, 0.717) is 27.9 Å². The number of carbonyl (C=O) groups excluding carboxylic acids is 2. The number of carbonyl (C=O) groups is 2. The van der Waals surface area contributed by atoms with Gasteiger partial charge in [0.1, 0.15) is 16.9 Å². The van der Waals surface area contributed by atoms with Crippen molar-refractivity contribution < 1.29 is 14.3 Å². The normalized spacial score (nSPS) is 11.8. The maximum Gasteiger partial charge on any atom is 0.341 e. The number of rotatable bonds is 6. The van der Waals surface area contributed by atoms with Crippen LogP contribution in [0.1, 0.15) is 53.0 Å². The van der Waals surface area contributed by atoms with Gasteiger partial charge in [0, 0.05) is 17.2 Å². The Kier molecular flexibility index (Phi) is 7.25. The number of fused-ring (bicyclic) bond motifs is 2. The van der Waals surface area contributed by atoms with Gasteiger partial charge in [0.05, 0.1) is 17.6 Å². The van der Waals surface area contributed by atoms with Crippen molar-refractivity contribution in [2.75, 3.05) is 6.61 Å². The Labute approximate surface area is 210 Å². The highest BCUT2D eigenvalue weighted by molar-refractivity contribution is 9.10. The molecule has 0 N–H and O–H groups in total. The molecule has 0 aliphatic rings. The summed E-state index contributed by atoms with van der Waals surface area (Å²) in [6.07, 6.45) is 3.22. The third kappa shape index (κ3) is 4.68. The number of halogens is 1. The molecular formula is C26H25BrN4O4. The Morgan fingerprint density at radius 1 is 1.09 bits per heavy atom. The van der Waals surface area contributed by atoms with Crippen LogP contribution in [0.4, 0.5) is 0 Å². The Hall–Kier alpha value is -3.59. The lowest BCUT2D eigenvalue weighted by Crippen LogP contribution is -2.33. The first-order valence-electron chi connectivity index (χ1n) is 11.4. The van der Waals surface area contributed by atoms with Gasteiger partial charge in [0.2, 0.25) is 0 Å². The number of pyridine rings is 2. The van der Waals surface area contributed by atoms with Crippen molar-refractivity contribution in [1.29, 1.82) is 0 Å². The largest absolute Gasteiger partial charge is 0.462 e. The van der Waals surface area contributed by atoms with Crippen LogP contribution in [0.5, 0.6) is 0 Å². The van der Waals surface area contributed by atoms with Crippen molar-refractivity contribution in [3.05, 3.63) is 85.7 Å². The van der Waals surface area contributed by atoms with Crippen molar-refractivity contribution in [3.63, 3.8) is 0 Å². The van der Waals surface area contributed by atoms with Crippen LogP contribution in [0.2, 0.25) is 0 Å². The van der Waals surface area contributed by atoms with E-state index in [2.05, 4.69) is 20.9 Å². The van der Waals surface area contributed by atoms with Gasteiger partial charge in [-0.3, -0.25) is 14.0 Å². The van der Waals surface area contributed by atoms with E-state index in [4.69, 9.17) is 9.72 Å².